The Balaban J connectivity index is 2.95. The van der Waals surface area contributed by atoms with E-state index in [-0.39, 0.29) is 35.3 Å². The number of aliphatic hydroxyl groups excluding tert-OH is 1. The number of hydrogen-bond donors (Lipinski definition) is 5. The maximum Gasteiger partial charge on any atom is 0.326 e. The molecule has 1 aromatic carbocycles. The largest absolute Gasteiger partial charge is 0.480 e. The number of aliphatic hydroxyl groups is 1. The molecule has 0 saturated heterocycles. The highest BCUT2D eigenvalue weighted by Gasteiger charge is 2.28. The summed E-state index contributed by atoms with van der Waals surface area (Å²) in [7, 11) is 0. The average molecular weight is 506 g/mol. The fraction of sp³-hybridized carbons (Fsp3) is 0.630. The summed E-state index contributed by atoms with van der Waals surface area (Å²) >= 11 is 0. The van der Waals surface area contributed by atoms with E-state index in [0.717, 1.165) is 0 Å². The Morgan fingerprint density at radius 1 is 0.833 bits per heavy atom. The van der Waals surface area contributed by atoms with Crippen LogP contribution >= 0.6 is 0 Å². The molecule has 0 radical (unpaired) electrons. The Bertz CT molecular complexity index is 899. The molecule has 0 bridgehead atoms. The van der Waals surface area contributed by atoms with Crippen molar-refractivity contribution in [2.24, 2.45) is 23.7 Å². The average Bonchev–Trinajstić information content (AvgIpc) is 2.79. The number of carbonyl (C=O) groups excluding carboxylic acids is 3. The van der Waals surface area contributed by atoms with Gasteiger partial charge in [0.25, 0.3) is 11.8 Å². The number of hydrogen-bond acceptors (Lipinski definition) is 5. The van der Waals surface area contributed by atoms with Crippen molar-refractivity contribution in [3.05, 3.63) is 35.4 Å². The Hall–Kier alpha value is -2.94. The maximum absolute atomic E-state index is 13.0. The van der Waals surface area contributed by atoms with Crippen LogP contribution in [0.1, 0.15) is 82.0 Å². The maximum atomic E-state index is 13.0. The molecule has 0 fully saturated rings. The molecule has 0 aromatic heterocycles. The van der Waals surface area contributed by atoms with Crippen LogP contribution in [0, 0.1) is 23.7 Å². The van der Waals surface area contributed by atoms with Crippen LogP contribution in [0.4, 0.5) is 0 Å². The van der Waals surface area contributed by atoms with Gasteiger partial charge in [-0.2, -0.15) is 0 Å². The molecule has 1 rings (SSSR count). The highest BCUT2D eigenvalue weighted by molar-refractivity contribution is 6.00. The summed E-state index contributed by atoms with van der Waals surface area (Å²) in [5.74, 6) is -2.59. The third kappa shape index (κ3) is 10.4. The number of carboxylic acid groups (broad SMARTS) is 1. The number of carboxylic acids is 1. The molecule has 0 heterocycles. The minimum Gasteiger partial charge on any atom is -0.480 e. The van der Waals surface area contributed by atoms with Gasteiger partial charge in [-0.3, -0.25) is 14.4 Å². The number of carbonyl (C=O) groups is 4. The van der Waals surface area contributed by atoms with E-state index < -0.39 is 41.9 Å². The van der Waals surface area contributed by atoms with Crippen LogP contribution in [0.2, 0.25) is 0 Å². The Kier molecular flexibility index (Phi) is 12.6. The molecule has 0 unspecified atom stereocenters. The molecule has 1 aromatic rings. The van der Waals surface area contributed by atoms with Gasteiger partial charge in [0, 0.05) is 23.6 Å². The van der Waals surface area contributed by atoms with Crippen LogP contribution in [0.25, 0.3) is 0 Å². The van der Waals surface area contributed by atoms with Crippen molar-refractivity contribution in [1.82, 2.24) is 16.0 Å². The van der Waals surface area contributed by atoms with Crippen molar-refractivity contribution >= 4 is 23.7 Å². The molecule has 0 aliphatic rings. The van der Waals surface area contributed by atoms with Crippen LogP contribution in [0.5, 0.6) is 0 Å². The van der Waals surface area contributed by atoms with Crippen molar-refractivity contribution < 1.29 is 29.4 Å². The fourth-order valence-corrected chi connectivity index (χ4v) is 3.72. The number of benzene rings is 1. The van der Waals surface area contributed by atoms with Crippen molar-refractivity contribution in [2.75, 3.05) is 6.54 Å². The smallest absolute Gasteiger partial charge is 0.326 e. The van der Waals surface area contributed by atoms with Crippen LogP contribution in [-0.4, -0.2) is 58.6 Å². The summed E-state index contributed by atoms with van der Waals surface area (Å²) in [5, 5.41) is 28.4. The second kappa shape index (κ2) is 14.6. The first kappa shape index (κ1) is 31.1. The standard InChI is InChI=1S/C27H43N3O6/c1-15(2)11-21(22(31)12-18(7)24(32)28-14-16(3)4)29-25(33)19-9-8-10-20(13-19)26(34)30-23(17(5)6)27(35)36/h8-10,13,15-18,21-23,31H,11-12,14H2,1-7H3,(H,28,32)(H,29,33)(H,30,34)(H,35,36)/t18-,21+,22+,23+/m1/s1. The summed E-state index contributed by atoms with van der Waals surface area (Å²) in [6.45, 7) is 13.6. The topological polar surface area (TPSA) is 145 Å². The second-order valence-corrected chi connectivity index (χ2v) is 10.7. The van der Waals surface area contributed by atoms with Crippen LogP contribution in [0.3, 0.4) is 0 Å². The summed E-state index contributed by atoms with van der Waals surface area (Å²) in [4.78, 5) is 49.4. The molecule has 5 N–H and O–H groups in total. The van der Waals surface area contributed by atoms with E-state index in [1.54, 1.807) is 32.9 Å². The molecule has 0 aliphatic carbocycles. The lowest BCUT2D eigenvalue weighted by atomic mass is 9.92. The zero-order chi connectivity index (χ0) is 27.6. The molecular weight excluding hydrogens is 462 g/mol. The van der Waals surface area contributed by atoms with E-state index in [9.17, 15) is 29.4 Å². The number of rotatable bonds is 14. The predicted molar refractivity (Wildman–Crippen MR) is 139 cm³/mol. The second-order valence-electron chi connectivity index (χ2n) is 10.7. The molecule has 9 heteroatoms. The van der Waals surface area contributed by atoms with Gasteiger partial charge in [0.2, 0.25) is 5.91 Å². The molecule has 4 atom stereocenters. The molecule has 0 spiro atoms. The molecule has 0 aliphatic heterocycles. The zero-order valence-electron chi connectivity index (χ0n) is 22.5. The number of nitrogens with one attached hydrogen (secondary N) is 3. The number of aliphatic carboxylic acids is 1. The first-order chi connectivity index (χ1) is 16.7. The van der Waals surface area contributed by atoms with Gasteiger partial charge in [0.1, 0.15) is 6.04 Å². The van der Waals surface area contributed by atoms with E-state index in [1.807, 2.05) is 27.7 Å². The molecule has 0 saturated carbocycles. The zero-order valence-corrected chi connectivity index (χ0v) is 22.5. The monoisotopic (exact) mass is 505 g/mol. The SMILES string of the molecule is CC(C)CNC(=O)[C@H](C)C[C@H](O)[C@H](CC(C)C)NC(=O)c1cccc(C(=O)N[C@H](C(=O)O)C(C)C)c1. The molecule has 36 heavy (non-hydrogen) atoms. The van der Waals surface area contributed by atoms with Crippen molar-refractivity contribution in [3.8, 4) is 0 Å². The van der Waals surface area contributed by atoms with Gasteiger partial charge in [-0.1, -0.05) is 54.5 Å². The van der Waals surface area contributed by atoms with E-state index in [1.165, 1.54) is 12.1 Å². The normalized spacial score (nSPS) is 14.8. The van der Waals surface area contributed by atoms with Gasteiger partial charge in [0.05, 0.1) is 12.1 Å². The molecule has 9 nitrogen and oxygen atoms in total. The quantitative estimate of drug-likeness (QED) is 0.263. The van der Waals surface area contributed by atoms with Gasteiger partial charge >= 0.3 is 5.97 Å². The van der Waals surface area contributed by atoms with Gasteiger partial charge in [-0.25, -0.2) is 4.79 Å². The van der Waals surface area contributed by atoms with Crippen molar-refractivity contribution in [1.29, 1.82) is 0 Å². The van der Waals surface area contributed by atoms with Crippen LogP contribution in [-0.2, 0) is 9.59 Å². The summed E-state index contributed by atoms with van der Waals surface area (Å²) in [6, 6.07) is 4.34. The van der Waals surface area contributed by atoms with E-state index in [2.05, 4.69) is 16.0 Å². The van der Waals surface area contributed by atoms with Crippen LogP contribution < -0.4 is 16.0 Å². The third-order valence-electron chi connectivity index (χ3n) is 5.84. The van der Waals surface area contributed by atoms with Gasteiger partial charge in [-0.15, -0.1) is 0 Å². The van der Waals surface area contributed by atoms with E-state index in [0.29, 0.717) is 18.9 Å². The molecular formula is C27H43N3O6. The van der Waals surface area contributed by atoms with Crippen molar-refractivity contribution in [2.45, 2.75) is 79.5 Å². The minimum absolute atomic E-state index is 0.142. The van der Waals surface area contributed by atoms with E-state index >= 15 is 0 Å². The van der Waals surface area contributed by atoms with E-state index in [4.69, 9.17) is 0 Å². The first-order valence-electron chi connectivity index (χ1n) is 12.6. The van der Waals surface area contributed by atoms with Gasteiger partial charge in [-0.05, 0) is 48.8 Å². The third-order valence-corrected chi connectivity index (χ3v) is 5.84. The Morgan fingerprint density at radius 2 is 1.39 bits per heavy atom. The summed E-state index contributed by atoms with van der Waals surface area (Å²) in [6.07, 6.45) is -0.247. The van der Waals surface area contributed by atoms with Gasteiger partial charge in [0.15, 0.2) is 0 Å². The lowest BCUT2D eigenvalue weighted by molar-refractivity contribution is -0.140. The highest BCUT2D eigenvalue weighted by Crippen LogP contribution is 2.17. The van der Waals surface area contributed by atoms with Crippen molar-refractivity contribution in [3.63, 3.8) is 0 Å². The summed E-state index contributed by atoms with van der Waals surface area (Å²) < 4.78 is 0. The predicted octanol–water partition coefficient (Wildman–Crippen LogP) is 2.83. The minimum atomic E-state index is -1.13. The van der Waals surface area contributed by atoms with Gasteiger partial charge < -0.3 is 26.2 Å². The first-order valence-corrected chi connectivity index (χ1v) is 12.6. The summed E-state index contributed by atoms with van der Waals surface area (Å²) in [5.41, 5.74) is 0.369. The molecule has 202 valence electrons. The Morgan fingerprint density at radius 3 is 1.86 bits per heavy atom. The fourth-order valence-electron chi connectivity index (χ4n) is 3.72. The Labute approximate surface area is 214 Å². The lowest BCUT2D eigenvalue weighted by Gasteiger charge is -2.27. The molecule has 3 amide bonds. The highest BCUT2D eigenvalue weighted by atomic mass is 16.4. The van der Waals surface area contributed by atoms with Crippen LogP contribution in [0.15, 0.2) is 24.3 Å². The lowest BCUT2D eigenvalue weighted by Crippen LogP contribution is -2.46. The number of amides is 3.